The Morgan fingerprint density at radius 1 is 1.15 bits per heavy atom. The van der Waals surface area contributed by atoms with E-state index < -0.39 is 0 Å². The van der Waals surface area contributed by atoms with Crippen molar-refractivity contribution in [2.45, 2.75) is 25.3 Å². The van der Waals surface area contributed by atoms with Crippen LogP contribution in [-0.2, 0) is 11.3 Å². The molecule has 0 unspecified atom stereocenters. The molecule has 1 aromatic heterocycles. The Morgan fingerprint density at radius 3 is 2.62 bits per heavy atom. The molecule has 2 aromatic carbocycles. The number of aryl methyl sites for hydroxylation is 1. The Bertz CT molecular complexity index is 967. The number of carbonyl (C=O) groups is 1. The Balaban J connectivity index is 1.69. The lowest BCUT2D eigenvalue weighted by Gasteiger charge is -2.20. The second-order valence-corrected chi connectivity index (χ2v) is 7.09. The van der Waals surface area contributed by atoms with Gasteiger partial charge in [0.2, 0.25) is 5.91 Å². The van der Waals surface area contributed by atoms with Crippen molar-refractivity contribution in [3.8, 4) is 0 Å². The summed E-state index contributed by atoms with van der Waals surface area (Å²) in [6, 6.07) is 15.3. The number of hydrogen-bond donors (Lipinski definition) is 1. The summed E-state index contributed by atoms with van der Waals surface area (Å²) in [5.74, 6) is 0.882. The number of rotatable bonds is 6. The van der Waals surface area contributed by atoms with Gasteiger partial charge in [-0.05, 0) is 38.1 Å². The lowest BCUT2D eigenvalue weighted by atomic mass is 10.2. The van der Waals surface area contributed by atoms with E-state index in [2.05, 4.69) is 9.97 Å². The minimum atomic E-state index is -0.178. The molecular formula is C20H21N3O2S. The molecule has 0 bridgehead atoms. The van der Waals surface area contributed by atoms with Gasteiger partial charge in [-0.3, -0.25) is 9.59 Å². The van der Waals surface area contributed by atoms with E-state index in [4.69, 9.17) is 0 Å². The first-order valence-electron chi connectivity index (χ1n) is 8.52. The quantitative estimate of drug-likeness (QED) is 0.679. The number of para-hydroxylation sites is 1. The standard InChI is InChI=1S/C20H21N3O2S/c1-3-23(19(24)13-26-15-10-8-14(2)9-11-15)12-18-21-17-7-5-4-6-16(17)20(25)22-18/h4-11H,3,12-13H2,1-2H3,(H,21,22,25). The summed E-state index contributed by atoms with van der Waals surface area (Å²) in [6.45, 7) is 4.82. The molecule has 5 nitrogen and oxygen atoms in total. The van der Waals surface area contributed by atoms with Crippen LogP contribution in [0, 0.1) is 6.92 Å². The topological polar surface area (TPSA) is 66.1 Å². The molecule has 1 N–H and O–H groups in total. The highest BCUT2D eigenvalue weighted by atomic mass is 32.2. The minimum Gasteiger partial charge on any atom is -0.335 e. The summed E-state index contributed by atoms with van der Waals surface area (Å²) in [5, 5.41) is 0.556. The van der Waals surface area contributed by atoms with Gasteiger partial charge in [0.05, 0.1) is 23.2 Å². The molecule has 0 aliphatic carbocycles. The van der Waals surface area contributed by atoms with E-state index in [-0.39, 0.29) is 11.5 Å². The second kappa shape index (κ2) is 8.19. The van der Waals surface area contributed by atoms with Gasteiger partial charge >= 0.3 is 0 Å². The Hall–Kier alpha value is -2.60. The van der Waals surface area contributed by atoms with Gasteiger partial charge in [0.15, 0.2) is 0 Å². The van der Waals surface area contributed by atoms with Gasteiger partial charge in [-0.2, -0.15) is 0 Å². The van der Waals surface area contributed by atoms with Gasteiger partial charge in [-0.15, -0.1) is 11.8 Å². The van der Waals surface area contributed by atoms with Crippen molar-refractivity contribution in [1.82, 2.24) is 14.9 Å². The molecule has 0 radical (unpaired) electrons. The van der Waals surface area contributed by atoms with Gasteiger partial charge in [-0.25, -0.2) is 4.98 Å². The van der Waals surface area contributed by atoms with E-state index in [1.54, 1.807) is 17.0 Å². The third kappa shape index (κ3) is 4.32. The zero-order valence-corrected chi connectivity index (χ0v) is 15.7. The number of benzene rings is 2. The predicted octanol–water partition coefficient (Wildman–Crippen LogP) is 3.37. The number of hydrogen-bond acceptors (Lipinski definition) is 4. The van der Waals surface area contributed by atoms with Gasteiger partial charge in [0, 0.05) is 11.4 Å². The number of thioether (sulfide) groups is 1. The van der Waals surface area contributed by atoms with Crippen molar-refractivity contribution in [1.29, 1.82) is 0 Å². The molecule has 0 spiro atoms. The summed E-state index contributed by atoms with van der Waals surface area (Å²) in [6.07, 6.45) is 0. The molecule has 1 heterocycles. The maximum Gasteiger partial charge on any atom is 0.258 e. The SMILES string of the molecule is CCN(Cc1nc2ccccc2c(=O)[nH]1)C(=O)CSc1ccc(C)cc1. The number of aromatic nitrogens is 2. The monoisotopic (exact) mass is 367 g/mol. The van der Waals surface area contributed by atoms with Crippen LogP contribution in [0.3, 0.4) is 0 Å². The van der Waals surface area contributed by atoms with Crippen LogP contribution in [-0.4, -0.2) is 33.1 Å². The molecule has 0 aliphatic heterocycles. The van der Waals surface area contributed by atoms with Gasteiger partial charge in [0.25, 0.3) is 5.56 Å². The van der Waals surface area contributed by atoms with E-state index in [9.17, 15) is 9.59 Å². The number of carbonyl (C=O) groups excluding carboxylic acids is 1. The van der Waals surface area contributed by atoms with Crippen LogP contribution in [0.25, 0.3) is 10.9 Å². The summed E-state index contributed by atoms with van der Waals surface area (Å²) < 4.78 is 0. The van der Waals surface area contributed by atoms with Crippen LogP contribution in [0.2, 0.25) is 0 Å². The molecule has 0 saturated carbocycles. The first kappa shape index (κ1) is 18.2. The smallest absolute Gasteiger partial charge is 0.258 e. The van der Waals surface area contributed by atoms with E-state index >= 15 is 0 Å². The Kier molecular flexibility index (Phi) is 5.73. The van der Waals surface area contributed by atoms with Crippen molar-refractivity contribution in [2.24, 2.45) is 0 Å². The van der Waals surface area contributed by atoms with Crippen molar-refractivity contribution >= 4 is 28.6 Å². The third-order valence-corrected chi connectivity index (χ3v) is 5.12. The number of nitrogens with zero attached hydrogens (tertiary/aromatic N) is 2. The maximum atomic E-state index is 12.6. The summed E-state index contributed by atoms with van der Waals surface area (Å²) in [4.78, 5) is 34.8. The second-order valence-electron chi connectivity index (χ2n) is 6.04. The summed E-state index contributed by atoms with van der Waals surface area (Å²) in [7, 11) is 0. The van der Waals surface area contributed by atoms with E-state index in [0.29, 0.717) is 35.6 Å². The van der Waals surface area contributed by atoms with Crippen LogP contribution in [0.1, 0.15) is 18.3 Å². The molecule has 1 amide bonds. The van der Waals surface area contributed by atoms with Crippen molar-refractivity contribution in [3.63, 3.8) is 0 Å². The van der Waals surface area contributed by atoms with Crippen LogP contribution in [0.5, 0.6) is 0 Å². The fourth-order valence-electron chi connectivity index (χ4n) is 2.64. The molecule has 3 aromatic rings. The average Bonchev–Trinajstić information content (AvgIpc) is 2.65. The highest BCUT2D eigenvalue weighted by Crippen LogP contribution is 2.19. The number of amides is 1. The average molecular weight is 367 g/mol. The fourth-order valence-corrected chi connectivity index (χ4v) is 3.44. The molecule has 0 fully saturated rings. The minimum absolute atomic E-state index is 0.0221. The molecular weight excluding hydrogens is 346 g/mol. The lowest BCUT2D eigenvalue weighted by Crippen LogP contribution is -2.33. The van der Waals surface area contributed by atoms with Crippen LogP contribution in [0.4, 0.5) is 0 Å². The highest BCUT2D eigenvalue weighted by Gasteiger charge is 2.14. The number of nitrogens with one attached hydrogen (secondary N) is 1. The first-order valence-corrected chi connectivity index (χ1v) is 9.50. The maximum absolute atomic E-state index is 12.6. The number of fused-ring (bicyclic) bond motifs is 1. The predicted molar refractivity (Wildman–Crippen MR) is 105 cm³/mol. The van der Waals surface area contributed by atoms with Gasteiger partial charge < -0.3 is 9.88 Å². The largest absolute Gasteiger partial charge is 0.335 e. The van der Waals surface area contributed by atoms with Gasteiger partial charge in [-0.1, -0.05) is 29.8 Å². The summed E-state index contributed by atoms with van der Waals surface area (Å²) in [5.41, 5.74) is 1.66. The molecule has 26 heavy (non-hydrogen) atoms. The van der Waals surface area contributed by atoms with Crippen LogP contribution in [0.15, 0.2) is 58.2 Å². The molecule has 3 rings (SSSR count). The normalized spacial score (nSPS) is 10.8. The molecule has 6 heteroatoms. The molecule has 0 atom stereocenters. The van der Waals surface area contributed by atoms with Gasteiger partial charge in [0.1, 0.15) is 5.82 Å². The number of H-pyrrole nitrogens is 1. The number of aromatic amines is 1. The van der Waals surface area contributed by atoms with Crippen molar-refractivity contribution < 1.29 is 4.79 Å². The zero-order valence-electron chi connectivity index (χ0n) is 14.9. The zero-order chi connectivity index (χ0) is 18.5. The Labute approximate surface area is 156 Å². The van der Waals surface area contributed by atoms with Crippen LogP contribution >= 0.6 is 11.8 Å². The first-order chi connectivity index (χ1) is 12.6. The molecule has 0 saturated heterocycles. The van der Waals surface area contributed by atoms with Crippen LogP contribution < -0.4 is 5.56 Å². The van der Waals surface area contributed by atoms with E-state index in [1.165, 1.54) is 17.3 Å². The van der Waals surface area contributed by atoms with Crippen molar-refractivity contribution in [3.05, 3.63) is 70.3 Å². The summed E-state index contributed by atoms with van der Waals surface area (Å²) >= 11 is 1.51. The van der Waals surface area contributed by atoms with E-state index in [0.717, 1.165) is 4.90 Å². The highest BCUT2D eigenvalue weighted by molar-refractivity contribution is 8.00. The molecule has 0 aliphatic rings. The Morgan fingerprint density at radius 2 is 1.88 bits per heavy atom. The third-order valence-electron chi connectivity index (χ3n) is 4.12. The van der Waals surface area contributed by atoms with Crippen molar-refractivity contribution in [2.75, 3.05) is 12.3 Å². The fraction of sp³-hybridized carbons (Fsp3) is 0.250. The van der Waals surface area contributed by atoms with E-state index in [1.807, 2.05) is 50.2 Å². The lowest BCUT2D eigenvalue weighted by molar-refractivity contribution is -0.128. The molecule has 134 valence electrons.